The van der Waals surface area contributed by atoms with Gasteiger partial charge in [0, 0.05) is 0 Å². The van der Waals surface area contributed by atoms with Crippen molar-refractivity contribution in [3.05, 3.63) is 12.1 Å². The van der Waals surface area contributed by atoms with E-state index in [1.54, 1.807) is 0 Å². The van der Waals surface area contributed by atoms with Crippen LogP contribution in [0.25, 0.3) is 0 Å². The molecule has 0 aliphatic heterocycles. The Bertz CT molecular complexity index is 223. The normalized spacial score (nSPS) is 9.33. The molecule has 1 heterocycles. The van der Waals surface area contributed by atoms with Crippen LogP contribution in [0.5, 0.6) is 5.75 Å². The third-order valence-electron chi connectivity index (χ3n) is 0.924. The lowest BCUT2D eigenvalue weighted by Crippen LogP contribution is -1.94. The zero-order valence-electron chi connectivity index (χ0n) is 4.70. The van der Waals surface area contributed by atoms with Gasteiger partial charge >= 0.3 is 0 Å². The molecule has 4 heteroatoms. The van der Waals surface area contributed by atoms with Gasteiger partial charge in [-0.2, -0.15) is 0 Å². The maximum absolute atomic E-state index is 8.80. The molecule has 0 saturated carbocycles. The van der Waals surface area contributed by atoms with Gasteiger partial charge in [0.1, 0.15) is 5.82 Å². The molecule has 5 N–H and O–H groups in total. The highest BCUT2D eigenvalue weighted by atomic mass is 16.3. The predicted molar refractivity (Wildman–Crippen MR) is 34.7 cm³/mol. The summed E-state index contributed by atoms with van der Waals surface area (Å²) in [5, 5.41) is 8.80. The Morgan fingerprint density at radius 1 is 1.33 bits per heavy atom. The van der Waals surface area contributed by atoms with Gasteiger partial charge in [0.05, 0.1) is 0 Å². The molecule has 0 radical (unpaired) electrons. The summed E-state index contributed by atoms with van der Waals surface area (Å²) in [5.74, 6) is 0.338. The maximum atomic E-state index is 8.80. The van der Waals surface area contributed by atoms with E-state index in [1.165, 1.54) is 12.1 Å². The molecule has 0 unspecified atom stereocenters. The number of hydrogen-bond donors (Lipinski definition) is 3. The highest BCUT2D eigenvalue weighted by Gasteiger charge is 1.94. The van der Waals surface area contributed by atoms with Crippen LogP contribution in [0.3, 0.4) is 0 Å². The molecule has 0 spiro atoms. The first-order valence-corrected chi connectivity index (χ1v) is 2.41. The number of nitrogens with two attached hydrogens (primary N) is 2. The number of aromatic nitrogens is 1. The lowest BCUT2D eigenvalue weighted by Gasteiger charge is -1.95. The lowest BCUT2D eigenvalue weighted by molar-refractivity contribution is 0.476. The highest BCUT2D eigenvalue weighted by Crippen LogP contribution is 2.16. The van der Waals surface area contributed by atoms with Crippen LogP contribution in [0.1, 0.15) is 0 Å². The Hall–Kier alpha value is -1.45. The maximum Gasteiger partial charge on any atom is 0.168 e. The van der Waals surface area contributed by atoms with Gasteiger partial charge in [0.25, 0.3) is 0 Å². The minimum atomic E-state index is -0.0378. The van der Waals surface area contributed by atoms with E-state index in [2.05, 4.69) is 4.98 Å². The second-order valence-electron chi connectivity index (χ2n) is 1.64. The van der Waals surface area contributed by atoms with Crippen LogP contribution in [0.15, 0.2) is 12.1 Å². The van der Waals surface area contributed by atoms with Gasteiger partial charge in [0.2, 0.25) is 0 Å². The number of nitrogen functional groups attached to an aromatic ring is 2. The molecular formula is C5H7N3O. The number of rotatable bonds is 0. The molecule has 0 bridgehead atoms. The summed E-state index contributed by atoms with van der Waals surface area (Å²) in [6.07, 6.45) is 0. The molecule has 0 aliphatic carbocycles. The second-order valence-corrected chi connectivity index (χ2v) is 1.64. The summed E-state index contributed by atoms with van der Waals surface area (Å²) < 4.78 is 0. The highest BCUT2D eigenvalue weighted by molar-refractivity contribution is 5.49. The topological polar surface area (TPSA) is 85.2 Å². The van der Waals surface area contributed by atoms with Crippen molar-refractivity contribution in [2.45, 2.75) is 0 Å². The zero-order valence-corrected chi connectivity index (χ0v) is 4.70. The van der Waals surface area contributed by atoms with Gasteiger partial charge < -0.3 is 16.6 Å². The fourth-order valence-electron chi connectivity index (χ4n) is 0.483. The van der Waals surface area contributed by atoms with Crippen molar-refractivity contribution < 1.29 is 5.11 Å². The lowest BCUT2D eigenvalue weighted by atomic mass is 10.4. The second kappa shape index (κ2) is 1.81. The smallest absolute Gasteiger partial charge is 0.168 e. The average molecular weight is 125 g/mol. The molecule has 0 amide bonds. The third kappa shape index (κ3) is 1.02. The predicted octanol–water partition coefficient (Wildman–Crippen LogP) is -0.0484. The Balaban J connectivity index is 3.17. The summed E-state index contributed by atoms with van der Waals surface area (Å²) in [6, 6.07) is 2.88. The van der Waals surface area contributed by atoms with Crippen LogP contribution in [0.2, 0.25) is 0 Å². The first-order valence-electron chi connectivity index (χ1n) is 2.41. The van der Waals surface area contributed by atoms with Crippen molar-refractivity contribution in [3.8, 4) is 5.75 Å². The molecule has 0 aliphatic rings. The number of aromatic hydroxyl groups is 1. The number of anilines is 2. The van der Waals surface area contributed by atoms with Crippen LogP contribution in [-0.4, -0.2) is 10.1 Å². The number of pyridine rings is 1. The van der Waals surface area contributed by atoms with Gasteiger partial charge in [-0.25, -0.2) is 4.98 Å². The summed E-state index contributed by atoms with van der Waals surface area (Å²) in [6.45, 7) is 0. The Kier molecular flexibility index (Phi) is 1.14. The van der Waals surface area contributed by atoms with E-state index in [-0.39, 0.29) is 11.6 Å². The van der Waals surface area contributed by atoms with Gasteiger partial charge in [-0.3, -0.25) is 0 Å². The summed E-state index contributed by atoms with van der Waals surface area (Å²) in [7, 11) is 0. The molecule has 0 saturated heterocycles. The van der Waals surface area contributed by atoms with Gasteiger partial charge in [-0.1, -0.05) is 0 Å². The first-order chi connectivity index (χ1) is 4.20. The first kappa shape index (κ1) is 5.68. The molecule has 0 atom stereocenters. The fourth-order valence-corrected chi connectivity index (χ4v) is 0.483. The average Bonchev–Trinajstić information content (AvgIpc) is 1.80. The standard InChI is InChI=1S/C5H7N3O/c6-4-2-1-3(9)5(7)8-4/h1-2,9H,(H4,6,7,8). The fraction of sp³-hybridized carbons (Fsp3) is 0. The van der Waals surface area contributed by atoms with Crippen LogP contribution < -0.4 is 11.5 Å². The number of nitrogens with zero attached hydrogens (tertiary/aromatic N) is 1. The van der Waals surface area contributed by atoms with Crippen LogP contribution >= 0.6 is 0 Å². The SMILES string of the molecule is Nc1ccc(O)c(N)n1. The molecular weight excluding hydrogens is 118 g/mol. The molecule has 0 fully saturated rings. The van der Waals surface area contributed by atoms with Crippen molar-refractivity contribution >= 4 is 11.6 Å². The molecule has 1 aromatic heterocycles. The van der Waals surface area contributed by atoms with Crippen molar-refractivity contribution in [2.75, 3.05) is 11.5 Å². The number of hydrogen-bond acceptors (Lipinski definition) is 4. The monoisotopic (exact) mass is 125 g/mol. The van der Waals surface area contributed by atoms with E-state index in [1.807, 2.05) is 0 Å². The van der Waals surface area contributed by atoms with Crippen LogP contribution in [0.4, 0.5) is 11.6 Å². The van der Waals surface area contributed by atoms with E-state index >= 15 is 0 Å². The molecule has 1 aromatic rings. The Labute approximate surface area is 52.1 Å². The Morgan fingerprint density at radius 2 is 2.00 bits per heavy atom. The van der Waals surface area contributed by atoms with E-state index in [4.69, 9.17) is 16.6 Å². The Morgan fingerprint density at radius 3 is 2.44 bits per heavy atom. The van der Waals surface area contributed by atoms with Gasteiger partial charge in [-0.05, 0) is 12.1 Å². The molecule has 4 nitrogen and oxygen atoms in total. The summed E-state index contributed by atoms with van der Waals surface area (Å²) in [5.41, 5.74) is 10.4. The van der Waals surface area contributed by atoms with Crippen molar-refractivity contribution in [2.24, 2.45) is 0 Å². The minimum absolute atomic E-state index is 0.0378. The van der Waals surface area contributed by atoms with E-state index < -0.39 is 0 Å². The van der Waals surface area contributed by atoms with Crippen molar-refractivity contribution in [3.63, 3.8) is 0 Å². The quantitative estimate of drug-likeness (QED) is 0.454. The van der Waals surface area contributed by atoms with E-state index in [0.717, 1.165) is 0 Å². The third-order valence-corrected chi connectivity index (χ3v) is 0.924. The molecule has 9 heavy (non-hydrogen) atoms. The van der Waals surface area contributed by atoms with E-state index in [9.17, 15) is 0 Å². The van der Waals surface area contributed by atoms with Crippen molar-refractivity contribution in [1.29, 1.82) is 0 Å². The zero-order chi connectivity index (χ0) is 6.85. The molecule has 48 valence electrons. The largest absolute Gasteiger partial charge is 0.504 e. The molecule has 0 aromatic carbocycles. The van der Waals surface area contributed by atoms with Crippen molar-refractivity contribution in [1.82, 2.24) is 4.98 Å². The summed E-state index contributed by atoms with van der Waals surface area (Å²) in [4.78, 5) is 3.58. The van der Waals surface area contributed by atoms with Crippen LogP contribution in [-0.2, 0) is 0 Å². The van der Waals surface area contributed by atoms with Gasteiger partial charge in [0.15, 0.2) is 11.6 Å². The molecule has 1 rings (SSSR count). The van der Waals surface area contributed by atoms with Gasteiger partial charge in [-0.15, -0.1) is 0 Å². The minimum Gasteiger partial charge on any atom is -0.504 e. The van der Waals surface area contributed by atoms with E-state index in [0.29, 0.717) is 5.82 Å². The van der Waals surface area contributed by atoms with Crippen LogP contribution in [0, 0.1) is 0 Å². The summed E-state index contributed by atoms with van der Waals surface area (Å²) >= 11 is 0.